The molecule has 6 heteroatoms. The van der Waals surface area contributed by atoms with Crippen molar-refractivity contribution in [2.45, 2.75) is 25.3 Å². The summed E-state index contributed by atoms with van der Waals surface area (Å²) in [5.74, 6) is 0.401. The Bertz CT molecular complexity index is 631. The first-order chi connectivity index (χ1) is 10.2. The number of fused-ring (bicyclic) bond motifs is 1. The quantitative estimate of drug-likeness (QED) is 0.943. The summed E-state index contributed by atoms with van der Waals surface area (Å²) in [6.45, 7) is 0.422. The van der Waals surface area contributed by atoms with Gasteiger partial charge in [-0.3, -0.25) is 9.78 Å². The Morgan fingerprint density at radius 3 is 3.24 bits per heavy atom. The fraction of sp³-hybridized carbons (Fsp3) is 0.333. The monoisotopic (exact) mass is 306 g/mol. The molecular formula is C15H15FN2O2S. The number of nitrogens with zero attached hydrogens (tertiary/aromatic N) is 1. The first kappa shape index (κ1) is 14.0. The maximum atomic E-state index is 13.2. The standard InChI is InChI=1S/C15H15FN2O2S/c16-11-1-3-14-10(5-11)6-12(8-20-14)18-15(19)4-2-13-7-17-9-21-13/h1,3,5,7,9,12H,2,4,6,8H2,(H,18,19). The lowest BCUT2D eigenvalue weighted by Crippen LogP contribution is -2.42. The van der Waals surface area contributed by atoms with E-state index in [9.17, 15) is 9.18 Å². The van der Waals surface area contributed by atoms with E-state index in [1.54, 1.807) is 29.1 Å². The van der Waals surface area contributed by atoms with Crippen LogP contribution in [0.25, 0.3) is 0 Å². The molecule has 0 bridgehead atoms. The van der Waals surface area contributed by atoms with E-state index < -0.39 is 0 Å². The largest absolute Gasteiger partial charge is 0.491 e. The van der Waals surface area contributed by atoms with Crippen molar-refractivity contribution in [1.82, 2.24) is 10.3 Å². The van der Waals surface area contributed by atoms with E-state index in [0.29, 0.717) is 31.6 Å². The summed E-state index contributed by atoms with van der Waals surface area (Å²) in [6, 6.07) is 4.37. The number of rotatable bonds is 4. The van der Waals surface area contributed by atoms with E-state index in [1.807, 2.05) is 0 Å². The molecule has 1 N–H and O–H groups in total. The van der Waals surface area contributed by atoms with Crippen molar-refractivity contribution in [2.75, 3.05) is 6.61 Å². The number of ether oxygens (including phenoxy) is 1. The van der Waals surface area contributed by atoms with Crippen LogP contribution in [0.2, 0.25) is 0 Å². The Morgan fingerprint density at radius 2 is 2.43 bits per heavy atom. The molecule has 0 spiro atoms. The summed E-state index contributed by atoms with van der Waals surface area (Å²) in [5.41, 5.74) is 2.56. The lowest BCUT2D eigenvalue weighted by atomic mass is 10.0. The second kappa shape index (κ2) is 6.22. The Balaban J connectivity index is 1.53. The van der Waals surface area contributed by atoms with Gasteiger partial charge in [0.15, 0.2) is 0 Å². The molecule has 1 amide bonds. The van der Waals surface area contributed by atoms with E-state index >= 15 is 0 Å². The highest BCUT2D eigenvalue weighted by molar-refractivity contribution is 7.09. The molecule has 0 fully saturated rings. The minimum atomic E-state index is -0.283. The van der Waals surface area contributed by atoms with Crippen LogP contribution >= 0.6 is 11.3 Å². The maximum Gasteiger partial charge on any atom is 0.220 e. The van der Waals surface area contributed by atoms with Crippen molar-refractivity contribution in [1.29, 1.82) is 0 Å². The zero-order valence-electron chi connectivity index (χ0n) is 11.3. The molecule has 110 valence electrons. The fourth-order valence-electron chi connectivity index (χ4n) is 2.36. The van der Waals surface area contributed by atoms with E-state index in [4.69, 9.17) is 4.74 Å². The molecule has 0 radical (unpaired) electrons. The average Bonchev–Trinajstić information content (AvgIpc) is 2.98. The molecule has 1 aromatic heterocycles. The lowest BCUT2D eigenvalue weighted by molar-refractivity contribution is -0.122. The highest BCUT2D eigenvalue weighted by Gasteiger charge is 2.21. The molecule has 21 heavy (non-hydrogen) atoms. The summed E-state index contributed by atoms with van der Waals surface area (Å²) in [5, 5.41) is 2.94. The van der Waals surface area contributed by atoms with Crippen LogP contribution in [0.3, 0.4) is 0 Å². The van der Waals surface area contributed by atoms with E-state index in [-0.39, 0.29) is 17.8 Å². The number of hydrogen-bond acceptors (Lipinski definition) is 4. The number of thiazole rings is 1. The predicted molar refractivity (Wildman–Crippen MR) is 78.0 cm³/mol. The van der Waals surface area contributed by atoms with Crippen LogP contribution in [0.4, 0.5) is 4.39 Å². The van der Waals surface area contributed by atoms with Crippen molar-refractivity contribution in [2.24, 2.45) is 0 Å². The number of aromatic nitrogens is 1. The molecule has 1 aliphatic rings. The van der Waals surface area contributed by atoms with Gasteiger partial charge in [0.05, 0.1) is 11.6 Å². The highest BCUT2D eigenvalue weighted by atomic mass is 32.1. The van der Waals surface area contributed by atoms with Crippen molar-refractivity contribution >= 4 is 17.2 Å². The van der Waals surface area contributed by atoms with Crippen LogP contribution < -0.4 is 10.1 Å². The Hall–Kier alpha value is -1.95. The number of carbonyl (C=O) groups excluding carboxylic acids is 1. The number of aryl methyl sites for hydroxylation is 1. The van der Waals surface area contributed by atoms with Gasteiger partial charge in [-0.1, -0.05) is 0 Å². The fourth-order valence-corrected chi connectivity index (χ4v) is 2.96. The summed E-state index contributed by atoms with van der Waals surface area (Å²) < 4.78 is 18.8. The van der Waals surface area contributed by atoms with Crippen LogP contribution in [0.1, 0.15) is 16.9 Å². The van der Waals surface area contributed by atoms with E-state index in [2.05, 4.69) is 10.3 Å². The van der Waals surface area contributed by atoms with E-state index in [1.165, 1.54) is 12.1 Å². The third-order valence-electron chi connectivity index (χ3n) is 3.38. The number of benzene rings is 1. The molecule has 0 aliphatic carbocycles. The van der Waals surface area contributed by atoms with Gasteiger partial charge < -0.3 is 10.1 Å². The van der Waals surface area contributed by atoms with Crippen LogP contribution in [-0.4, -0.2) is 23.5 Å². The van der Waals surface area contributed by atoms with Crippen LogP contribution in [0.15, 0.2) is 29.9 Å². The molecule has 1 aromatic carbocycles. The zero-order chi connectivity index (χ0) is 14.7. The zero-order valence-corrected chi connectivity index (χ0v) is 12.2. The Morgan fingerprint density at radius 1 is 1.52 bits per heavy atom. The molecule has 2 aromatic rings. The summed E-state index contributed by atoms with van der Waals surface area (Å²) in [4.78, 5) is 17.0. The third-order valence-corrected chi connectivity index (χ3v) is 4.22. The minimum Gasteiger partial charge on any atom is -0.491 e. The number of hydrogen-bond donors (Lipinski definition) is 1. The summed E-state index contributed by atoms with van der Waals surface area (Å²) in [7, 11) is 0. The van der Waals surface area contributed by atoms with Crippen molar-refractivity contribution in [3.63, 3.8) is 0 Å². The second-order valence-corrected chi connectivity index (χ2v) is 5.97. The molecule has 2 heterocycles. The first-order valence-electron chi connectivity index (χ1n) is 6.78. The van der Waals surface area contributed by atoms with Crippen LogP contribution in [0.5, 0.6) is 5.75 Å². The number of nitrogens with one attached hydrogen (secondary N) is 1. The lowest BCUT2D eigenvalue weighted by Gasteiger charge is -2.26. The molecule has 1 aliphatic heterocycles. The van der Waals surface area contributed by atoms with Crippen molar-refractivity contribution in [3.8, 4) is 5.75 Å². The molecular weight excluding hydrogens is 291 g/mol. The number of halogens is 1. The van der Waals surface area contributed by atoms with Crippen LogP contribution in [0, 0.1) is 5.82 Å². The van der Waals surface area contributed by atoms with Crippen molar-refractivity contribution in [3.05, 3.63) is 46.2 Å². The van der Waals surface area contributed by atoms with Gasteiger partial charge in [-0.25, -0.2) is 4.39 Å². The molecule has 0 saturated carbocycles. The van der Waals surface area contributed by atoms with Crippen LogP contribution in [-0.2, 0) is 17.6 Å². The van der Waals surface area contributed by atoms with Gasteiger partial charge >= 0.3 is 0 Å². The van der Waals surface area contributed by atoms with Gasteiger partial charge in [0, 0.05) is 17.5 Å². The molecule has 4 nitrogen and oxygen atoms in total. The van der Waals surface area contributed by atoms with Crippen molar-refractivity contribution < 1.29 is 13.9 Å². The normalized spacial score (nSPS) is 16.9. The number of carbonyl (C=O) groups is 1. The van der Waals surface area contributed by atoms with Gasteiger partial charge in [-0.2, -0.15) is 0 Å². The topological polar surface area (TPSA) is 51.2 Å². The molecule has 1 atom stereocenters. The summed E-state index contributed by atoms with van der Waals surface area (Å²) >= 11 is 1.55. The van der Waals surface area contributed by atoms with Gasteiger partial charge in [0.2, 0.25) is 5.91 Å². The highest BCUT2D eigenvalue weighted by Crippen LogP contribution is 2.25. The molecule has 1 unspecified atom stereocenters. The maximum absolute atomic E-state index is 13.2. The molecule has 0 saturated heterocycles. The second-order valence-electron chi connectivity index (χ2n) is 5.00. The average molecular weight is 306 g/mol. The number of amides is 1. The van der Waals surface area contributed by atoms with Gasteiger partial charge in [0.25, 0.3) is 0 Å². The Kier molecular flexibility index (Phi) is 4.15. The smallest absolute Gasteiger partial charge is 0.220 e. The third kappa shape index (κ3) is 3.58. The van der Waals surface area contributed by atoms with Gasteiger partial charge in [0.1, 0.15) is 18.2 Å². The summed E-state index contributed by atoms with van der Waals surface area (Å²) in [6.07, 6.45) is 3.49. The van der Waals surface area contributed by atoms with Gasteiger partial charge in [-0.15, -0.1) is 11.3 Å². The van der Waals surface area contributed by atoms with Gasteiger partial charge in [-0.05, 0) is 36.6 Å². The predicted octanol–water partition coefficient (Wildman–Crippen LogP) is 2.33. The van der Waals surface area contributed by atoms with E-state index in [0.717, 1.165) is 10.4 Å². The minimum absolute atomic E-state index is 0.0168. The SMILES string of the molecule is O=C(CCc1cncs1)NC1COc2ccc(F)cc2C1. The first-order valence-corrected chi connectivity index (χ1v) is 7.66. The Labute approximate surface area is 126 Å². The molecule has 3 rings (SSSR count).